The Balaban J connectivity index is 1.69. The van der Waals surface area contributed by atoms with Crippen molar-refractivity contribution in [2.45, 2.75) is 12.8 Å². The molecule has 0 nitrogen and oxygen atoms in total. The number of aryl methyl sites for hydroxylation is 2. The van der Waals surface area contributed by atoms with Crippen LogP contribution in [0.25, 0.3) is 43.4 Å². The van der Waals surface area contributed by atoms with Crippen molar-refractivity contribution in [1.82, 2.24) is 0 Å². The summed E-state index contributed by atoms with van der Waals surface area (Å²) in [6, 6.07) is 44.1. The van der Waals surface area contributed by atoms with E-state index in [1.165, 1.54) is 54.6 Å². The third-order valence-electron chi connectivity index (χ3n) is 6.57. The first-order valence-electron chi connectivity index (χ1n) is 11.3. The van der Waals surface area contributed by atoms with Gasteiger partial charge in [-0.3, -0.25) is 0 Å². The van der Waals surface area contributed by atoms with E-state index in [-0.39, 0.29) is 0 Å². The van der Waals surface area contributed by atoms with Crippen LogP contribution in [0.4, 0.5) is 0 Å². The minimum absolute atomic E-state index is 1.02. The zero-order chi connectivity index (χ0) is 21.3. The zero-order valence-corrected chi connectivity index (χ0v) is 18.0. The summed E-state index contributed by atoms with van der Waals surface area (Å²) >= 11 is 0. The second-order valence-corrected chi connectivity index (χ2v) is 8.50. The van der Waals surface area contributed by atoms with E-state index in [1.54, 1.807) is 0 Å². The van der Waals surface area contributed by atoms with Gasteiger partial charge in [-0.15, -0.1) is 0 Å². The highest BCUT2D eigenvalue weighted by Gasteiger charge is 2.16. The molecule has 32 heavy (non-hydrogen) atoms. The number of fused-ring (bicyclic) bond motifs is 3. The summed E-state index contributed by atoms with van der Waals surface area (Å²) < 4.78 is 0. The minimum atomic E-state index is 1.02. The summed E-state index contributed by atoms with van der Waals surface area (Å²) in [5, 5.41) is 8.01. The smallest absolute Gasteiger partial charge is 0.00264 e. The van der Waals surface area contributed by atoms with Crippen molar-refractivity contribution in [3.8, 4) is 11.1 Å². The third kappa shape index (κ3) is 3.25. The molecule has 0 heteroatoms. The minimum Gasteiger partial charge on any atom is -0.0622 e. The van der Waals surface area contributed by atoms with Crippen LogP contribution in [0.2, 0.25) is 0 Å². The molecule has 6 aromatic carbocycles. The Labute approximate surface area is 188 Å². The second kappa shape index (κ2) is 7.98. The average molecular weight is 409 g/mol. The molecule has 6 rings (SSSR count). The Hall–Kier alpha value is -3.90. The monoisotopic (exact) mass is 408 g/mol. The molecule has 0 unspecified atom stereocenters. The standard InChI is InChI=1S/C32H24/c1-3-11-23(12-4-1)19-20-28-27-17-9-10-18-29(27)32(24-13-5-2-6-14-24)31-22-26-16-8-7-15-25(26)21-30(28)31/h1-18,21-22H,19-20H2. The summed E-state index contributed by atoms with van der Waals surface area (Å²) in [5.74, 6) is 0. The fourth-order valence-electron chi connectivity index (χ4n) is 5.05. The van der Waals surface area contributed by atoms with Crippen molar-refractivity contribution >= 4 is 32.3 Å². The van der Waals surface area contributed by atoms with E-state index in [0.29, 0.717) is 0 Å². The van der Waals surface area contributed by atoms with Gasteiger partial charge in [0.15, 0.2) is 0 Å². The van der Waals surface area contributed by atoms with Gasteiger partial charge in [0.1, 0.15) is 0 Å². The predicted octanol–water partition coefficient (Wildman–Crippen LogP) is 8.60. The van der Waals surface area contributed by atoms with Crippen LogP contribution in [-0.2, 0) is 12.8 Å². The van der Waals surface area contributed by atoms with Crippen LogP contribution in [0.15, 0.2) is 121 Å². The summed E-state index contributed by atoms with van der Waals surface area (Å²) in [4.78, 5) is 0. The summed E-state index contributed by atoms with van der Waals surface area (Å²) in [5.41, 5.74) is 5.45. The molecule has 0 saturated carbocycles. The molecule has 0 aromatic heterocycles. The van der Waals surface area contributed by atoms with Gasteiger partial charge in [0.2, 0.25) is 0 Å². The predicted molar refractivity (Wildman–Crippen MR) is 138 cm³/mol. The van der Waals surface area contributed by atoms with Gasteiger partial charge in [0, 0.05) is 0 Å². The van der Waals surface area contributed by atoms with Crippen LogP contribution in [0.1, 0.15) is 11.1 Å². The number of hydrogen-bond acceptors (Lipinski definition) is 0. The maximum Gasteiger partial charge on any atom is -0.00264 e. The first kappa shape index (κ1) is 18.8. The maximum absolute atomic E-state index is 2.41. The fraction of sp³-hybridized carbons (Fsp3) is 0.0625. The van der Waals surface area contributed by atoms with Crippen LogP contribution in [0, 0.1) is 0 Å². The Morgan fingerprint density at radius 1 is 0.406 bits per heavy atom. The van der Waals surface area contributed by atoms with Crippen LogP contribution in [-0.4, -0.2) is 0 Å². The van der Waals surface area contributed by atoms with Crippen LogP contribution >= 0.6 is 0 Å². The molecule has 0 amide bonds. The SMILES string of the molecule is c1ccc(CCc2c3ccccc3c(-c3ccccc3)c3cc4ccccc4cc23)cc1. The van der Waals surface area contributed by atoms with Crippen LogP contribution in [0.3, 0.4) is 0 Å². The topological polar surface area (TPSA) is 0 Å². The van der Waals surface area contributed by atoms with Gasteiger partial charge in [-0.05, 0) is 79.5 Å². The summed E-state index contributed by atoms with van der Waals surface area (Å²) in [7, 11) is 0. The fourth-order valence-corrected chi connectivity index (χ4v) is 5.05. The van der Waals surface area contributed by atoms with E-state index in [1.807, 2.05) is 0 Å². The lowest BCUT2D eigenvalue weighted by atomic mass is 9.85. The first-order valence-corrected chi connectivity index (χ1v) is 11.3. The van der Waals surface area contributed by atoms with Gasteiger partial charge in [0.25, 0.3) is 0 Å². The molecule has 0 fully saturated rings. The molecule has 0 saturated heterocycles. The molecule has 0 aliphatic heterocycles. The normalized spacial score (nSPS) is 11.4. The quantitative estimate of drug-likeness (QED) is 0.256. The number of hydrogen-bond donors (Lipinski definition) is 0. The molecule has 0 aliphatic carbocycles. The Kier molecular flexibility index (Phi) is 4.70. The van der Waals surface area contributed by atoms with Gasteiger partial charge >= 0.3 is 0 Å². The molecule has 0 spiro atoms. The Bertz CT molecular complexity index is 1540. The highest BCUT2D eigenvalue weighted by molar-refractivity contribution is 6.17. The molecule has 0 bridgehead atoms. The van der Waals surface area contributed by atoms with Gasteiger partial charge < -0.3 is 0 Å². The first-order chi connectivity index (χ1) is 15.9. The second-order valence-electron chi connectivity index (χ2n) is 8.50. The molecule has 0 atom stereocenters. The molecule has 0 aliphatic rings. The lowest BCUT2D eigenvalue weighted by molar-refractivity contribution is 0.977. The zero-order valence-electron chi connectivity index (χ0n) is 18.0. The molecule has 0 heterocycles. The summed E-state index contributed by atoms with van der Waals surface area (Å²) in [6.45, 7) is 0. The summed E-state index contributed by atoms with van der Waals surface area (Å²) in [6.07, 6.45) is 2.06. The van der Waals surface area contributed by atoms with Crippen molar-refractivity contribution in [3.63, 3.8) is 0 Å². The van der Waals surface area contributed by atoms with E-state index in [9.17, 15) is 0 Å². The van der Waals surface area contributed by atoms with Crippen molar-refractivity contribution in [2.75, 3.05) is 0 Å². The van der Waals surface area contributed by atoms with Gasteiger partial charge in [-0.1, -0.05) is 109 Å². The van der Waals surface area contributed by atoms with E-state index >= 15 is 0 Å². The van der Waals surface area contributed by atoms with Gasteiger partial charge in [-0.2, -0.15) is 0 Å². The van der Waals surface area contributed by atoms with Crippen molar-refractivity contribution in [3.05, 3.63) is 132 Å². The maximum atomic E-state index is 2.41. The van der Waals surface area contributed by atoms with E-state index in [4.69, 9.17) is 0 Å². The molecule has 0 N–H and O–H groups in total. The van der Waals surface area contributed by atoms with E-state index in [2.05, 4.69) is 121 Å². The molecule has 6 aromatic rings. The van der Waals surface area contributed by atoms with Gasteiger partial charge in [0.05, 0.1) is 0 Å². The van der Waals surface area contributed by atoms with E-state index in [0.717, 1.165) is 12.8 Å². The molecule has 0 radical (unpaired) electrons. The van der Waals surface area contributed by atoms with Crippen LogP contribution in [0.5, 0.6) is 0 Å². The van der Waals surface area contributed by atoms with Crippen LogP contribution < -0.4 is 0 Å². The number of benzene rings is 6. The third-order valence-corrected chi connectivity index (χ3v) is 6.57. The largest absolute Gasteiger partial charge is 0.0622 e. The molecular formula is C32H24. The van der Waals surface area contributed by atoms with Crippen molar-refractivity contribution in [1.29, 1.82) is 0 Å². The lowest BCUT2D eigenvalue weighted by Crippen LogP contribution is -1.97. The Morgan fingerprint density at radius 2 is 0.969 bits per heavy atom. The van der Waals surface area contributed by atoms with Crippen molar-refractivity contribution in [2.24, 2.45) is 0 Å². The highest BCUT2D eigenvalue weighted by atomic mass is 14.2. The van der Waals surface area contributed by atoms with Crippen molar-refractivity contribution < 1.29 is 0 Å². The number of rotatable bonds is 4. The molecule has 152 valence electrons. The highest BCUT2D eigenvalue weighted by Crippen LogP contribution is 2.41. The Morgan fingerprint density at radius 3 is 1.69 bits per heavy atom. The average Bonchev–Trinajstić information content (AvgIpc) is 2.86. The lowest BCUT2D eigenvalue weighted by Gasteiger charge is -2.18. The van der Waals surface area contributed by atoms with E-state index < -0.39 is 0 Å². The van der Waals surface area contributed by atoms with Gasteiger partial charge in [-0.25, -0.2) is 0 Å². The molecular weight excluding hydrogens is 384 g/mol.